The molecule has 0 aromatic carbocycles. The quantitative estimate of drug-likeness (QED) is 0.254. The van der Waals surface area contributed by atoms with Crippen molar-refractivity contribution in [3.8, 4) is 0 Å². The number of hydrogen-bond acceptors (Lipinski definition) is 4. The van der Waals surface area contributed by atoms with Crippen LogP contribution in [0, 0.1) is 5.92 Å². The van der Waals surface area contributed by atoms with E-state index >= 15 is 0 Å². The van der Waals surface area contributed by atoms with Crippen LogP contribution in [0.5, 0.6) is 0 Å². The van der Waals surface area contributed by atoms with Gasteiger partial charge in [-0.25, -0.2) is 4.79 Å². The summed E-state index contributed by atoms with van der Waals surface area (Å²) in [4.78, 5) is 18.1. The van der Waals surface area contributed by atoms with E-state index in [1.165, 1.54) is 19.4 Å². The van der Waals surface area contributed by atoms with Crippen molar-refractivity contribution >= 4 is 36.0 Å². The van der Waals surface area contributed by atoms with Crippen molar-refractivity contribution in [3.05, 3.63) is 0 Å². The highest BCUT2D eigenvalue weighted by Gasteiger charge is 2.17. The molecular weight excluding hydrogens is 421 g/mol. The molecule has 3 N–H and O–H groups in total. The third-order valence-corrected chi connectivity index (χ3v) is 3.59. The van der Waals surface area contributed by atoms with Crippen molar-refractivity contribution in [1.82, 2.24) is 20.9 Å². The molecule has 1 aliphatic heterocycles. The van der Waals surface area contributed by atoms with Crippen LogP contribution in [0.25, 0.3) is 0 Å². The van der Waals surface area contributed by atoms with Crippen molar-refractivity contribution in [3.63, 3.8) is 0 Å². The van der Waals surface area contributed by atoms with Crippen LogP contribution in [0.3, 0.4) is 0 Å². The van der Waals surface area contributed by atoms with E-state index in [0.29, 0.717) is 19.0 Å². The van der Waals surface area contributed by atoms with Gasteiger partial charge in [0.1, 0.15) is 5.60 Å². The molecule has 0 spiro atoms. The molecular formula is C16H34IN5O2. The average Bonchev–Trinajstić information content (AvgIpc) is 2.44. The molecule has 0 radical (unpaired) electrons. The summed E-state index contributed by atoms with van der Waals surface area (Å²) in [5.74, 6) is 1.43. The summed E-state index contributed by atoms with van der Waals surface area (Å²) in [6.07, 6.45) is 2.12. The molecule has 1 saturated heterocycles. The van der Waals surface area contributed by atoms with Gasteiger partial charge in [0, 0.05) is 33.2 Å². The van der Waals surface area contributed by atoms with E-state index in [4.69, 9.17) is 4.74 Å². The Bertz CT molecular complexity index is 398. The number of nitrogens with one attached hydrogen (secondary N) is 3. The van der Waals surface area contributed by atoms with Gasteiger partial charge >= 0.3 is 6.09 Å². The summed E-state index contributed by atoms with van der Waals surface area (Å²) in [6.45, 7) is 9.87. The number of hydrogen-bond donors (Lipinski definition) is 3. The fourth-order valence-electron chi connectivity index (χ4n) is 2.56. The van der Waals surface area contributed by atoms with Crippen LogP contribution in [0.15, 0.2) is 4.99 Å². The molecule has 1 fully saturated rings. The number of amides is 1. The van der Waals surface area contributed by atoms with Crippen LogP contribution in [0.2, 0.25) is 0 Å². The lowest BCUT2D eigenvalue weighted by molar-refractivity contribution is 0.0529. The van der Waals surface area contributed by atoms with E-state index in [2.05, 4.69) is 32.9 Å². The lowest BCUT2D eigenvalue weighted by atomic mass is 9.99. The number of nitrogens with zero attached hydrogens (tertiary/aromatic N) is 2. The zero-order valence-electron chi connectivity index (χ0n) is 15.6. The highest BCUT2D eigenvalue weighted by molar-refractivity contribution is 14.0. The van der Waals surface area contributed by atoms with Crippen LogP contribution in [0.1, 0.15) is 33.6 Å². The van der Waals surface area contributed by atoms with E-state index in [1.807, 2.05) is 20.8 Å². The Morgan fingerprint density at radius 1 is 1.25 bits per heavy atom. The lowest BCUT2D eigenvalue weighted by Gasteiger charge is -2.30. The number of guanidine groups is 1. The highest BCUT2D eigenvalue weighted by atomic mass is 127. The number of likely N-dealkylation sites (tertiary alicyclic amines) is 1. The molecule has 1 rings (SSSR count). The maximum atomic E-state index is 11.5. The Morgan fingerprint density at radius 3 is 2.50 bits per heavy atom. The van der Waals surface area contributed by atoms with E-state index in [0.717, 1.165) is 19.0 Å². The van der Waals surface area contributed by atoms with Crippen molar-refractivity contribution < 1.29 is 9.53 Å². The largest absolute Gasteiger partial charge is 0.444 e. The number of alkyl carbamates (subject to hydrolysis) is 1. The molecule has 1 atom stereocenters. The fourth-order valence-corrected chi connectivity index (χ4v) is 2.56. The zero-order valence-corrected chi connectivity index (χ0v) is 18.0. The third kappa shape index (κ3) is 10.9. The summed E-state index contributed by atoms with van der Waals surface area (Å²) in [5.41, 5.74) is -0.470. The first-order valence-corrected chi connectivity index (χ1v) is 8.40. The second kappa shape index (κ2) is 11.7. The first kappa shape index (κ1) is 23.2. The Labute approximate surface area is 163 Å². The van der Waals surface area contributed by atoms with Crippen LogP contribution in [-0.2, 0) is 4.74 Å². The van der Waals surface area contributed by atoms with Crippen LogP contribution in [0.4, 0.5) is 4.79 Å². The minimum Gasteiger partial charge on any atom is -0.444 e. The molecule has 8 heteroatoms. The van der Waals surface area contributed by atoms with Gasteiger partial charge in [0.05, 0.1) is 0 Å². The fraction of sp³-hybridized carbons (Fsp3) is 0.875. The van der Waals surface area contributed by atoms with Gasteiger partial charge in [-0.2, -0.15) is 0 Å². The molecule has 1 unspecified atom stereocenters. The molecule has 24 heavy (non-hydrogen) atoms. The first-order chi connectivity index (χ1) is 10.8. The van der Waals surface area contributed by atoms with Crippen molar-refractivity contribution in [2.75, 3.05) is 46.8 Å². The van der Waals surface area contributed by atoms with E-state index in [-0.39, 0.29) is 24.0 Å². The van der Waals surface area contributed by atoms with Gasteiger partial charge in [-0.15, -0.1) is 24.0 Å². The van der Waals surface area contributed by atoms with Crippen molar-refractivity contribution in [2.24, 2.45) is 10.9 Å². The first-order valence-electron chi connectivity index (χ1n) is 8.40. The van der Waals surface area contributed by atoms with Crippen molar-refractivity contribution in [2.45, 2.75) is 39.2 Å². The Hall–Kier alpha value is -0.770. The van der Waals surface area contributed by atoms with Crippen LogP contribution in [-0.4, -0.2) is 69.4 Å². The summed E-state index contributed by atoms with van der Waals surface area (Å²) >= 11 is 0. The predicted octanol–water partition coefficient (Wildman–Crippen LogP) is 1.64. The number of rotatable bonds is 5. The van der Waals surface area contributed by atoms with Gasteiger partial charge in [-0.05, 0) is 53.1 Å². The monoisotopic (exact) mass is 455 g/mol. The Kier molecular flexibility index (Phi) is 11.4. The molecule has 0 aromatic heterocycles. The zero-order chi connectivity index (χ0) is 17.3. The molecule has 0 aromatic rings. The smallest absolute Gasteiger partial charge is 0.407 e. The number of halogens is 1. The minimum absolute atomic E-state index is 0. The van der Waals surface area contributed by atoms with Crippen LogP contribution >= 0.6 is 24.0 Å². The van der Waals surface area contributed by atoms with Gasteiger partial charge < -0.3 is 25.6 Å². The molecule has 0 saturated carbocycles. The van der Waals surface area contributed by atoms with E-state index in [9.17, 15) is 4.79 Å². The SMILES string of the molecule is CN=C(NCCNC(=O)OC(C)(C)C)NCC1CCCN(C)C1.I. The van der Waals surface area contributed by atoms with Gasteiger partial charge in [0.2, 0.25) is 0 Å². The number of ether oxygens (including phenoxy) is 1. The van der Waals surface area contributed by atoms with Gasteiger partial charge in [-0.3, -0.25) is 4.99 Å². The minimum atomic E-state index is -0.470. The lowest BCUT2D eigenvalue weighted by Crippen LogP contribution is -2.45. The molecule has 142 valence electrons. The Balaban J connectivity index is 0.00000529. The summed E-state index contributed by atoms with van der Waals surface area (Å²) in [5, 5.41) is 9.26. The molecule has 1 aliphatic rings. The maximum Gasteiger partial charge on any atom is 0.407 e. The van der Waals surface area contributed by atoms with E-state index in [1.54, 1.807) is 7.05 Å². The van der Waals surface area contributed by atoms with Gasteiger partial charge in [0.25, 0.3) is 0 Å². The van der Waals surface area contributed by atoms with Gasteiger partial charge in [-0.1, -0.05) is 0 Å². The standard InChI is InChI=1S/C16H33N5O2.HI/c1-16(2,3)23-15(22)19-9-8-18-14(17-4)20-11-13-7-6-10-21(5)12-13;/h13H,6-12H2,1-5H3,(H,19,22)(H2,17,18,20);1H. The molecule has 0 aliphatic carbocycles. The maximum absolute atomic E-state index is 11.5. The number of aliphatic imine (C=N–C) groups is 1. The second-order valence-electron chi connectivity index (χ2n) is 7.08. The highest BCUT2D eigenvalue weighted by Crippen LogP contribution is 2.13. The van der Waals surface area contributed by atoms with Crippen LogP contribution < -0.4 is 16.0 Å². The second-order valence-corrected chi connectivity index (χ2v) is 7.08. The predicted molar refractivity (Wildman–Crippen MR) is 109 cm³/mol. The topological polar surface area (TPSA) is 78.0 Å². The number of piperidine rings is 1. The summed E-state index contributed by atoms with van der Waals surface area (Å²) in [7, 11) is 3.92. The number of carbonyl (C=O) groups is 1. The van der Waals surface area contributed by atoms with Crippen molar-refractivity contribution in [1.29, 1.82) is 0 Å². The average molecular weight is 455 g/mol. The number of carbonyl (C=O) groups excluding carboxylic acids is 1. The van der Waals surface area contributed by atoms with Gasteiger partial charge in [0.15, 0.2) is 5.96 Å². The van der Waals surface area contributed by atoms with E-state index < -0.39 is 11.7 Å². The summed E-state index contributed by atoms with van der Waals surface area (Å²) in [6, 6.07) is 0. The normalized spacial score (nSPS) is 19.2. The molecule has 7 nitrogen and oxygen atoms in total. The third-order valence-electron chi connectivity index (χ3n) is 3.59. The molecule has 0 bridgehead atoms. The Morgan fingerprint density at radius 2 is 1.92 bits per heavy atom. The summed E-state index contributed by atoms with van der Waals surface area (Å²) < 4.78 is 5.18. The molecule has 1 heterocycles. The molecule has 1 amide bonds.